The molecule has 3 nitrogen and oxygen atoms in total. The van der Waals surface area contributed by atoms with Crippen molar-refractivity contribution in [3.05, 3.63) is 21.3 Å². The molecule has 0 aliphatic carbocycles. The number of carbonyl (C=O) groups is 1. The zero-order chi connectivity index (χ0) is 12.3. The Kier molecular flexibility index (Phi) is 4.42. The van der Waals surface area contributed by atoms with E-state index in [0.717, 1.165) is 36.8 Å². The zero-order valence-electron chi connectivity index (χ0n) is 9.56. The van der Waals surface area contributed by atoms with Crippen molar-refractivity contribution in [3.8, 4) is 0 Å². The lowest BCUT2D eigenvalue weighted by molar-refractivity contribution is -0.137. The van der Waals surface area contributed by atoms with Gasteiger partial charge in [0.15, 0.2) is 0 Å². The average Bonchev–Trinajstić information content (AvgIpc) is 2.86. The van der Waals surface area contributed by atoms with Crippen LogP contribution in [0, 0.1) is 5.92 Å². The molecular formula is C12H16ClNO2S. The monoisotopic (exact) mass is 273 g/mol. The molecule has 0 saturated carbocycles. The zero-order valence-corrected chi connectivity index (χ0v) is 11.1. The van der Waals surface area contributed by atoms with E-state index in [9.17, 15) is 4.79 Å². The topological polar surface area (TPSA) is 40.5 Å². The summed E-state index contributed by atoms with van der Waals surface area (Å²) in [5.74, 6) is -0.143. The van der Waals surface area contributed by atoms with Gasteiger partial charge in [-0.1, -0.05) is 11.6 Å². The lowest BCUT2D eigenvalue weighted by Gasteiger charge is -2.14. The highest BCUT2D eigenvalue weighted by molar-refractivity contribution is 7.16. The fourth-order valence-corrected chi connectivity index (χ4v) is 3.41. The van der Waals surface area contributed by atoms with Crippen molar-refractivity contribution in [2.75, 3.05) is 13.1 Å². The van der Waals surface area contributed by atoms with Crippen molar-refractivity contribution in [2.24, 2.45) is 5.92 Å². The maximum atomic E-state index is 10.5. The highest BCUT2D eigenvalue weighted by Crippen LogP contribution is 2.26. The SMILES string of the molecule is O=C(O)CCC1CCN(Cc2ccc(Cl)s2)C1. The van der Waals surface area contributed by atoms with Crippen molar-refractivity contribution in [1.29, 1.82) is 0 Å². The molecule has 1 N–H and O–H groups in total. The summed E-state index contributed by atoms with van der Waals surface area (Å²) in [5, 5.41) is 8.65. The van der Waals surface area contributed by atoms with Crippen molar-refractivity contribution < 1.29 is 9.90 Å². The van der Waals surface area contributed by atoms with E-state index in [1.807, 2.05) is 6.07 Å². The first-order valence-electron chi connectivity index (χ1n) is 5.82. The molecule has 2 rings (SSSR count). The third-order valence-electron chi connectivity index (χ3n) is 3.14. The average molecular weight is 274 g/mol. The molecule has 5 heteroatoms. The van der Waals surface area contributed by atoms with E-state index in [2.05, 4.69) is 11.0 Å². The van der Waals surface area contributed by atoms with Crippen LogP contribution in [0.3, 0.4) is 0 Å². The van der Waals surface area contributed by atoms with E-state index in [0.29, 0.717) is 12.3 Å². The Hall–Kier alpha value is -0.580. The molecule has 1 aromatic rings. The van der Waals surface area contributed by atoms with Gasteiger partial charge >= 0.3 is 5.97 Å². The van der Waals surface area contributed by atoms with E-state index in [1.165, 1.54) is 4.88 Å². The molecule has 2 heterocycles. The third-order valence-corrected chi connectivity index (χ3v) is 4.36. The molecule has 0 amide bonds. The van der Waals surface area contributed by atoms with Crippen molar-refractivity contribution >= 4 is 28.9 Å². The number of rotatable bonds is 5. The minimum absolute atomic E-state index is 0.295. The summed E-state index contributed by atoms with van der Waals surface area (Å²) in [7, 11) is 0. The van der Waals surface area contributed by atoms with Crippen LogP contribution in [0.15, 0.2) is 12.1 Å². The Morgan fingerprint density at radius 2 is 2.41 bits per heavy atom. The molecule has 17 heavy (non-hydrogen) atoms. The Labute approximate surface area is 110 Å². The number of hydrogen-bond acceptors (Lipinski definition) is 3. The summed E-state index contributed by atoms with van der Waals surface area (Å²) in [4.78, 5) is 14.2. The van der Waals surface area contributed by atoms with Crippen LogP contribution in [0.5, 0.6) is 0 Å². The molecule has 0 bridgehead atoms. The molecule has 0 spiro atoms. The highest BCUT2D eigenvalue weighted by atomic mass is 35.5. The highest BCUT2D eigenvalue weighted by Gasteiger charge is 2.23. The van der Waals surface area contributed by atoms with Gasteiger partial charge in [-0.2, -0.15) is 0 Å². The summed E-state index contributed by atoms with van der Waals surface area (Å²) in [6.07, 6.45) is 2.22. The molecule has 0 radical (unpaired) electrons. The van der Waals surface area contributed by atoms with Crippen LogP contribution in [0.2, 0.25) is 4.34 Å². The first-order chi connectivity index (χ1) is 8.13. The number of hydrogen-bond donors (Lipinski definition) is 1. The predicted octanol–water partition coefficient (Wildman–Crippen LogP) is 3.09. The first-order valence-corrected chi connectivity index (χ1v) is 7.01. The van der Waals surface area contributed by atoms with E-state index in [-0.39, 0.29) is 0 Å². The van der Waals surface area contributed by atoms with Gasteiger partial charge in [0, 0.05) is 24.4 Å². The van der Waals surface area contributed by atoms with Gasteiger partial charge < -0.3 is 5.11 Å². The molecular weight excluding hydrogens is 258 g/mol. The smallest absolute Gasteiger partial charge is 0.303 e. The first kappa shape index (κ1) is 12.9. The molecule has 94 valence electrons. The third kappa shape index (κ3) is 3.98. The number of thiophene rings is 1. The molecule has 1 fully saturated rings. The van der Waals surface area contributed by atoms with Crippen molar-refractivity contribution in [3.63, 3.8) is 0 Å². The van der Waals surface area contributed by atoms with Crippen LogP contribution >= 0.6 is 22.9 Å². The number of aliphatic carboxylic acids is 1. The van der Waals surface area contributed by atoms with Gasteiger partial charge in [0.05, 0.1) is 4.34 Å². The van der Waals surface area contributed by atoms with Gasteiger partial charge in [0.1, 0.15) is 0 Å². The number of carboxylic acids is 1. The Morgan fingerprint density at radius 1 is 1.59 bits per heavy atom. The van der Waals surface area contributed by atoms with E-state index >= 15 is 0 Å². The van der Waals surface area contributed by atoms with Gasteiger partial charge in [0.25, 0.3) is 0 Å². The van der Waals surface area contributed by atoms with Gasteiger partial charge in [-0.15, -0.1) is 11.3 Å². The molecule has 1 atom stereocenters. The van der Waals surface area contributed by atoms with E-state index < -0.39 is 5.97 Å². The molecule has 1 aliphatic heterocycles. The van der Waals surface area contributed by atoms with Gasteiger partial charge in [0.2, 0.25) is 0 Å². The minimum atomic E-state index is -0.687. The van der Waals surface area contributed by atoms with Crippen LogP contribution in [-0.2, 0) is 11.3 Å². The fourth-order valence-electron chi connectivity index (χ4n) is 2.28. The number of likely N-dealkylation sites (tertiary alicyclic amines) is 1. The van der Waals surface area contributed by atoms with Crippen LogP contribution in [0.25, 0.3) is 0 Å². The predicted molar refractivity (Wildman–Crippen MR) is 69.6 cm³/mol. The quantitative estimate of drug-likeness (QED) is 0.896. The van der Waals surface area contributed by atoms with Crippen LogP contribution < -0.4 is 0 Å². The maximum Gasteiger partial charge on any atom is 0.303 e. The number of nitrogens with zero attached hydrogens (tertiary/aromatic N) is 1. The van der Waals surface area contributed by atoms with Crippen LogP contribution in [0.1, 0.15) is 24.1 Å². The maximum absolute atomic E-state index is 10.5. The normalized spacial score (nSPS) is 20.9. The Bertz CT molecular complexity index is 394. The summed E-state index contributed by atoms with van der Waals surface area (Å²) >= 11 is 7.52. The van der Waals surface area contributed by atoms with Gasteiger partial charge in [-0.05, 0) is 37.4 Å². The largest absolute Gasteiger partial charge is 0.481 e. The second-order valence-corrected chi connectivity index (χ2v) is 6.33. The summed E-state index contributed by atoms with van der Waals surface area (Å²) in [6.45, 7) is 3.03. The van der Waals surface area contributed by atoms with Gasteiger partial charge in [-0.25, -0.2) is 0 Å². The summed E-state index contributed by atoms with van der Waals surface area (Å²) < 4.78 is 0.835. The molecule has 1 saturated heterocycles. The standard InChI is InChI=1S/C12H16ClNO2S/c13-11-3-2-10(17-11)8-14-6-5-9(7-14)1-4-12(15)16/h2-3,9H,1,4-8H2,(H,15,16). The molecule has 0 aromatic carbocycles. The van der Waals surface area contributed by atoms with Crippen LogP contribution in [-0.4, -0.2) is 29.1 Å². The van der Waals surface area contributed by atoms with E-state index in [4.69, 9.17) is 16.7 Å². The lowest BCUT2D eigenvalue weighted by atomic mass is 10.0. The Balaban J connectivity index is 1.76. The molecule has 1 unspecified atom stereocenters. The van der Waals surface area contributed by atoms with Crippen molar-refractivity contribution in [2.45, 2.75) is 25.8 Å². The second kappa shape index (κ2) is 5.85. The van der Waals surface area contributed by atoms with Crippen LogP contribution in [0.4, 0.5) is 0 Å². The van der Waals surface area contributed by atoms with Crippen molar-refractivity contribution in [1.82, 2.24) is 4.90 Å². The molecule has 1 aromatic heterocycles. The summed E-state index contributed by atoms with van der Waals surface area (Å²) in [6, 6.07) is 4.00. The summed E-state index contributed by atoms with van der Waals surface area (Å²) in [5.41, 5.74) is 0. The lowest BCUT2D eigenvalue weighted by Crippen LogP contribution is -2.19. The number of carboxylic acid groups (broad SMARTS) is 1. The molecule has 1 aliphatic rings. The van der Waals surface area contributed by atoms with E-state index in [1.54, 1.807) is 11.3 Å². The number of halogens is 1. The minimum Gasteiger partial charge on any atom is -0.481 e. The Morgan fingerprint density at radius 3 is 3.06 bits per heavy atom. The fraction of sp³-hybridized carbons (Fsp3) is 0.583. The van der Waals surface area contributed by atoms with Gasteiger partial charge in [-0.3, -0.25) is 9.69 Å². The second-order valence-electron chi connectivity index (χ2n) is 4.53.